The Labute approximate surface area is 115 Å². The zero-order valence-corrected chi connectivity index (χ0v) is 11.3. The summed E-state index contributed by atoms with van der Waals surface area (Å²) in [6, 6.07) is 2.04. The molecule has 2 heterocycles. The van der Waals surface area contributed by atoms with E-state index in [1.165, 1.54) is 0 Å². The van der Waals surface area contributed by atoms with Gasteiger partial charge in [0, 0.05) is 26.8 Å². The molecule has 4 nitrogen and oxygen atoms in total. The van der Waals surface area contributed by atoms with Crippen LogP contribution in [0.15, 0.2) is 12.1 Å². The number of aromatic nitrogens is 1. The zero-order chi connectivity index (χ0) is 14.6. The molecule has 0 spiro atoms. The van der Waals surface area contributed by atoms with Crippen LogP contribution in [0.1, 0.15) is 18.4 Å². The number of hydrogen-bond donors (Lipinski definition) is 2. The SMILES string of the molecule is CNc1cc(C(F)(F)F)cc(NCC2CCOCC2)n1. The Morgan fingerprint density at radius 1 is 1.25 bits per heavy atom. The summed E-state index contributed by atoms with van der Waals surface area (Å²) in [4.78, 5) is 4.10. The lowest BCUT2D eigenvalue weighted by molar-refractivity contribution is -0.137. The fourth-order valence-corrected chi connectivity index (χ4v) is 2.11. The van der Waals surface area contributed by atoms with Crippen molar-refractivity contribution in [1.29, 1.82) is 0 Å². The van der Waals surface area contributed by atoms with Crippen LogP contribution in [0.3, 0.4) is 0 Å². The Kier molecular flexibility index (Phi) is 4.69. The van der Waals surface area contributed by atoms with E-state index in [9.17, 15) is 13.2 Å². The number of hydrogen-bond acceptors (Lipinski definition) is 4. The first-order chi connectivity index (χ1) is 9.49. The molecule has 0 aromatic carbocycles. The van der Waals surface area contributed by atoms with Gasteiger partial charge in [0.15, 0.2) is 0 Å². The number of alkyl halides is 3. The average molecular weight is 289 g/mol. The molecule has 0 unspecified atom stereocenters. The van der Waals surface area contributed by atoms with Crippen LogP contribution < -0.4 is 10.6 Å². The molecule has 0 bridgehead atoms. The summed E-state index contributed by atoms with van der Waals surface area (Å²) in [5, 5.41) is 5.64. The lowest BCUT2D eigenvalue weighted by Crippen LogP contribution is -2.23. The van der Waals surface area contributed by atoms with Crippen molar-refractivity contribution in [3.8, 4) is 0 Å². The highest BCUT2D eigenvalue weighted by Crippen LogP contribution is 2.32. The maximum atomic E-state index is 12.8. The van der Waals surface area contributed by atoms with Crippen molar-refractivity contribution < 1.29 is 17.9 Å². The van der Waals surface area contributed by atoms with Crippen molar-refractivity contribution in [3.05, 3.63) is 17.7 Å². The van der Waals surface area contributed by atoms with Gasteiger partial charge in [-0.25, -0.2) is 4.98 Å². The lowest BCUT2D eigenvalue weighted by atomic mass is 10.0. The van der Waals surface area contributed by atoms with Crippen LogP contribution in [-0.4, -0.2) is 31.8 Å². The predicted octanol–water partition coefficient (Wildman–Crippen LogP) is 2.98. The number of pyridine rings is 1. The third kappa shape index (κ3) is 4.00. The number of ether oxygens (including phenoxy) is 1. The van der Waals surface area contributed by atoms with Gasteiger partial charge in [0.05, 0.1) is 5.56 Å². The summed E-state index contributed by atoms with van der Waals surface area (Å²) in [6.07, 6.45) is -2.53. The lowest BCUT2D eigenvalue weighted by Gasteiger charge is -2.22. The van der Waals surface area contributed by atoms with Crippen molar-refractivity contribution in [2.45, 2.75) is 19.0 Å². The summed E-state index contributed by atoms with van der Waals surface area (Å²) in [7, 11) is 1.55. The van der Waals surface area contributed by atoms with Gasteiger partial charge in [-0.05, 0) is 30.9 Å². The molecule has 0 amide bonds. The van der Waals surface area contributed by atoms with E-state index in [4.69, 9.17) is 4.74 Å². The molecule has 112 valence electrons. The van der Waals surface area contributed by atoms with E-state index in [1.54, 1.807) is 7.05 Å². The third-order valence-corrected chi connectivity index (χ3v) is 3.32. The van der Waals surface area contributed by atoms with Gasteiger partial charge in [-0.1, -0.05) is 0 Å². The summed E-state index contributed by atoms with van der Waals surface area (Å²) < 4.78 is 43.6. The van der Waals surface area contributed by atoms with Gasteiger partial charge < -0.3 is 15.4 Å². The Morgan fingerprint density at radius 3 is 2.50 bits per heavy atom. The van der Waals surface area contributed by atoms with Crippen LogP contribution in [0.4, 0.5) is 24.8 Å². The molecule has 0 saturated carbocycles. The highest BCUT2D eigenvalue weighted by molar-refractivity contribution is 5.49. The molecule has 2 N–H and O–H groups in total. The Bertz CT molecular complexity index is 445. The fraction of sp³-hybridized carbons (Fsp3) is 0.615. The van der Waals surface area contributed by atoms with Gasteiger partial charge in [-0.15, -0.1) is 0 Å². The topological polar surface area (TPSA) is 46.2 Å². The number of rotatable bonds is 4. The van der Waals surface area contributed by atoms with Crippen molar-refractivity contribution in [3.63, 3.8) is 0 Å². The number of halogens is 3. The molecule has 7 heteroatoms. The third-order valence-electron chi connectivity index (χ3n) is 3.32. The molecule has 0 aliphatic carbocycles. The molecule has 1 saturated heterocycles. The van der Waals surface area contributed by atoms with E-state index in [2.05, 4.69) is 15.6 Å². The minimum Gasteiger partial charge on any atom is -0.381 e. The molecule has 1 aliphatic rings. The molecular formula is C13H18F3N3O. The van der Waals surface area contributed by atoms with Crippen molar-refractivity contribution >= 4 is 11.6 Å². The van der Waals surface area contributed by atoms with Crippen LogP contribution in [0.5, 0.6) is 0 Å². The minimum atomic E-state index is -4.37. The fourth-order valence-electron chi connectivity index (χ4n) is 2.11. The molecule has 0 atom stereocenters. The van der Waals surface area contributed by atoms with E-state index < -0.39 is 11.7 Å². The zero-order valence-electron chi connectivity index (χ0n) is 11.3. The second kappa shape index (κ2) is 6.30. The van der Waals surface area contributed by atoms with Gasteiger partial charge in [0.2, 0.25) is 0 Å². The van der Waals surface area contributed by atoms with E-state index in [0.29, 0.717) is 25.7 Å². The predicted molar refractivity (Wildman–Crippen MR) is 70.8 cm³/mol. The second-order valence-corrected chi connectivity index (χ2v) is 4.81. The first-order valence-electron chi connectivity index (χ1n) is 6.57. The van der Waals surface area contributed by atoms with Crippen LogP contribution in [0, 0.1) is 5.92 Å². The minimum absolute atomic E-state index is 0.203. The molecule has 0 radical (unpaired) electrons. The maximum absolute atomic E-state index is 12.8. The Morgan fingerprint density at radius 2 is 1.90 bits per heavy atom. The average Bonchev–Trinajstić information content (AvgIpc) is 2.45. The van der Waals surface area contributed by atoms with Gasteiger partial charge in [0.1, 0.15) is 11.6 Å². The van der Waals surface area contributed by atoms with Gasteiger partial charge in [-0.3, -0.25) is 0 Å². The van der Waals surface area contributed by atoms with Crippen molar-refractivity contribution in [2.75, 3.05) is 37.4 Å². The van der Waals surface area contributed by atoms with Crippen LogP contribution in [0.25, 0.3) is 0 Å². The van der Waals surface area contributed by atoms with Gasteiger partial charge in [-0.2, -0.15) is 13.2 Å². The van der Waals surface area contributed by atoms with Crippen LogP contribution in [0.2, 0.25) is 0 Å². The molecule has 1 aliphatic heterocycles. The van der Waals surface area contributed by atoms with Crippen LogP contribution in [-0.2, 0) is 10.9 Å². The number of nitrogens with one attached hydrogen (secondary N) is 2. The Hall–Kier alpha value is -1.50. The summed E-state index contributed by atoms with van der Waals surface area (Å²) in [5.41, 5.74) is -0.702. The van der Waals surface area contributed by atoms with E-state index in [0.717, 1.165) is 25.0 Å². The maximum Gasteiger partial charge on any atom is 0.416 e. The first kappa shape index (κ1) is 14.9. The van der Waals surface area contributed by atoms with E-state index in [-0.39, 0.29) is 11.6 Å². The molecular weight excluding hydrogens is 271 g/mol. The van der Waals surface area contributed by atoms with Crippen LogP contribution >= 0.6 is 0 Å². The normalized spacial score (nSPS) is 17.0. The smallest absolute Gasteiger partial charge is 0.381 e. The molecule has 1 aromatic rings. The molecule has 1 aromatic heterocycles. The largest absolute Gasteiger partial charge is 0.416 e. The quantitative estimate of drug-likeness (QED) is 0.894. The second-order valence-electron chi connectivity index (χ2n) is 4.81. The van der Waals surface area contributed by atoms with Crippen molar-refractivity contribution in [2.24, 2.45) is 5.92 Å². The Balaban J connectivity index is 2.06. The number of anilines is 2. The summed E-state index contributed by atoms with van der Waals surface area (Å²) >= 11 is 0. The highest BCUT2D eigenvalue weighted by Gasteiger charge is 2.31. The number of nitrogens with zero attached hydrogens (tertiary/aromatic N) is 1. The molecule has 20 heavy (non-hydrogen) atoms. The summed E-state index contributed by atoms with van der Waals surface area (Å²) in [5.74, 6) is 0.864. The highest BCUT2D eigenvalue weighted by atomic mass is 19.4. The van der Waals surface area contributed by atoms with Gasteiger partial charge in [0.25, 0.3) is 0 Å². The van der Waals surface area contributed by atoms with E-state index in [1.807, 2.05) is 0 Å². The van der Waals surface area contributed by atoms with Gasteiger partial charge >= 0.3 is 6.18 Å². The standard InChI is InChI=1S/C13H18F3N3O/c1-17-11-6-10(13(14,15)16)7-12(19-11)18-8-9-2-4-20-5-3-9/h6-7,9H,2-5,8H2,1H3,(H2,17,18,19). The molecule has 2 rings (SSSR count). The monoisotopic (exact) mass is 289 g/mol. The molecule has 1 fully saturated rings. The first-order valence-corrected chi connectivity index (χ1v) is 6.57. The van der Waals surface area contributed by atoms with Crippen molar-refractivity contribution in [1.82, 2.24) is 4.98 Å². The van der Waals surface area contributed by atoms with E-state index >= 15 is 0 Å². The summed E-state index contributed by atoms with van der Waals surface area (Å²) in [6.45, 7) is 2.04.